The van der Waals surface area contributed by atoms with Gasteiger partial charge in [-0.3, -0.25) is 0 Å². The molecule has 1 aliphatic rings. The van der Waals surface area contributed by atoms with Crippen LogP contribution < -0.4 is 10.1 Å². The number of benzene rings is 1. The number of hydrogen-bond donors (Lipinski definition) is 1. The Labute approximate surface area is 109 Å². The smallest absolute Gasteiger partial charge is 0.136 e. The zero-order valence-corrected chi connectivity index (χ0v) is 11.1. The third-order valence-electron chi connectivity index (χ3n) is 3.53. The van der Waals surface area contributed by atoms with E-state index in [-0.39, 0.29) is 0 Å². The lowest BCUT2D eigenvalue weighted by Gasteiger charge is -2.06. The summed E-state index contributed by atoms with van der Waals surface area (Å²) in [6.07, 6.45) is 2.41. The van der Waals surface area contributed by atoms with Gasteiger partial charge >= 0.3 is 0 Å². The molecule has 1 aromatic carbocycles. The second-order valence-corrected chi connectivity index (χ2v) is 4.88. The van der Waals surface area contributed by atoms with Gasteiger partial charge < -0.3 is 10.1 Å². The second-order valence-electron chi connectivity index (χ2n) is 4.88. The van der Waals surface area contributed by atoms with Gasteiger partial charge in [0.2, 0.25) is 0 Å². The lowest BCUT2D eigenvalue weighted by Crippen LogP contribution is -2.17. The molecule has 0 spiro atoms. The zero-order chi connectivity index (χ0) is 13.0. The first-order valence-corrected chi connectivity index (χ1v) is 6.58. The number of nitrogens with one attached hydrogen (secondary N) is 1. The third kappa shape index (κ3) is 2.83. The number of nitriles is 1. The van der Waals surface area contributed by atoms with Crippen molar-refractivity contribution < 1.29 is 4.74 Å². The molecule has 0 bridgehead atoms. The maximum absolute atomic E-state index is 9.07. The third-order valence-corrected chi connectivity index (χ3v) is 3.53. The molecule has 2 unspecified atom stereocenters. The maximum atomic E-state index is 9.07. The van der Waals surface area contributed by atoms with E-state index in [1.54, 1.807) is 7.11 Å². The molecule has 18 heavy (non-hydrogen) atoms. The average molecular weight is 244 g/mol. The Hall–Kier alpha value is -1.53. The van der Waals surface area contributed by atoms with E-state index in [1.807, 2.05) is 12.1 Å². The summed E-state index contributed by atoms with van der Waals surface area (Å²) in [7, 11) is 1.60. The first kappa shape index (κ1) is 12.9. The standard InChI is InChI=1S/C15H20N2O/c1-3-6-17-10-13-8-14(13)11-4-5-15(18-2)12(7-11)9-16/h4-5,7,13-14,17H,3,6,8,10H2,1-2H3. The van der Waals surface area contributed by atoms with E-state index in [1.165, 1.54) is 18.4 Å². The van der Waals surface area contributed by atoms with Crippen LogP contribution >= 0.6 is 0 Å². The molecule has 0 aromatic heterocycles. The van der Waals surface area contributed by atoms with Crippen molar-refractivity contribution in [3.8, 4) is 11.8 Å². The maximum Gasteiger partial charge on any atom is 0.136 e. The molecule has 0 radical (unpaired) electrons. The van der Waals surface area contributed by atoms with E-state index >= 15 is 0 Å². The van der Waals surface area contributed by atoms with Gasteiger partial charge in [0.15, 0.2) is 0 Å². The molecule has 0 aliphatic heterocycles. The fourth-order valence-corrected chi connectivity index (χ4v) is 2.39. The highest BCUT2D eigenvalue weighted by Crippen LogP contribution is 2.47. The summed E-state index contributed by atoms with van der Waals surface area (Å²) in [5, 5.41) is 12.5. The zero-order valence-electron chi connectivity index (χ0n) is 11.1. The summed E-state index contributed by atoms with van der Waals surface area (Å²) in [6, 6.07) is 8.16. The van der Waals surface area contributed by atoms with Crippen LogP contribution in [0.3, 0.4) is 0 Å². The van der Waals surface area contributed by atoms with Crippen molar-refractivity contribution in [3.05, 3.63) is 29.3 Å². The van der Waals surface area contributed by atoms with E-state index < -0.39 is 0 Å². The van der Waals surface area contributed by atoms with E-state index in [4.69, 9.17) is 10.00 Å². The van der Waals surface area contributed by atoms with E-state index in [9.17, 15) is 0 Å². The summed E-state index contributed by atoms with van der Waals surface area (Å²) in [5.41, 5.74) is 1.91. The number of rotatable bonds is 6. The van der Waals surface area contributed by atoms with Crippen LogP contribution in [-0.2, 0) is 0 Å². The lowest BCUT2D eigenvalue weighted by molar-refractivity contribution is 0.413. The monoisotopic (exact) mass is 244 g/mol. The summed E-state index contributed by atoms with van der Waals surface area (Å²) in [6.45, 7) is 4.36. The Morgan fingerprint density at radius 2 is 2.33 bits per heavy atom. The minimum absolute atomic E-state index is 0.618. The van der Waals surface area contributed by atoms with Crippen molar-refractivity contribution in [3.63, 3.8) is 0 Å². The van der Waals surface area contributed by atoms with E-state index in [0.29, 0.717) is 17.2 Å². The predicted octanol–water partition coefficient (Wildman–Crippen LogP) is 2.67. The van der Waals surface area contributed by atoms with Gasteiger partial charge in [0.05, 0.1) is 12.7 Å². The second kappa shape index (κ2) is 5.88. The van der Waals surface area contributed by atoms with Crippen molar-refractivity contribution in [2.24, 2.45) is 5.92 Å². The minimum atomic E-state index is 0.618. The lowest BCUT2D eigenvalue weighted by atomic mass is 10.1. The molecular formula is C15H20N2O. The van der Waals surface area contributed by atoms with Crippen molar-refractivity contribution in [2.45, 2.75) is 25.7 Å². The molecule has 1 aliphatic carbocycles. The van der Waals surface area contributed by atoms with Gasteiger partial charge in [0, 0.05) is 0 Å². The topological polar surface area (TPSA) is 45.0 Å². The van der Waals surface area contributed by atoms with Crippen molar-refractivity contribution in [2.75, 3.05) is 20.2 Å². The highest BCUT2D eigenvalue weighted by molar-refractivity contribution is 5.47. The van der Waals surface area contributed by atoms with Crippen LogP contribution in [0.15, 0.2) is 18.2 Å². The number of nitrogens with zero attached hydrogens (tertiary/aromatic N) is 1. The Balaban J connectivity index is 1.97. The van der Waals surface area contributed by atoms with Crippen LogP contribution in [0.2, 0.25) is 0 Å². The molecule has 1 saturated carbocycles. The molecule has 0 heterocycles. The van der Waals surface area contributed by atoms with Crippen LogP contribution in [0.5, 0.6) is 5.75 Å². The Morgan fingerprint density at radius 1 is 1.50 bits per heavy atom. The quantitative estimate of drug-likeness (QED) is 0.782. The first-order valence-electron chi connectivity index (χ1n) is 6.58. The normalized spacial score (nSPS) is 21.4. The van der Waals surface area contributed by atoms with Gasteiger partial charge in [-0.15, -0.1) is 0 Å². The molecule has 0 amide bonds. The van der Waals surface area contributed by atoms with Gasteiger partial charge in [0.1, 0.15) is 11.8 Å². The van der Waals surface area contributed by atoms with Crippen LogP contribution in [-0.4, -0.2) is 20.2 Å². The van der Waals surface area contributed by atoms with Gasteiger partial charge in [-0.25, -0.2) is 0 Å². The number of ether oxygens (including phenoxy) is 1. The largest absolute Gasteiger partial charge is 0.495 e. The molecule has 1 aromatic rings. The Morgan fingerprint density at radius 3 is 3.00 bits per heavy atom. The fourth-order valence-electron chi connectivity index (χ4n) is 2.39. The number of methoxy groups -OCH3 is 1. The van der Waals surface area contributed by atoms with Crippen molar-refractivity contribution in [1.82, 2.24) is 5.32 Å². The van der Waals surface area contributed by atoms with Gasteiger partial charge in [-0.1, -0.05) is 13.0 Å². The van der Waals surface area contributed by atoms with Crippen molar-refractivity contribution >= 4 is 0 Å². The van der Waals surface area contributed by atoms with Gasteiger partial charge in [0.25, 0.3) is 0 Å². The molecule has 96 valence electrons. The first-order chi connectivity index (χ1) is 8.80. The van der Waals surface area contributed by atoms with E-state index in [0.717, 1.165) is 19.0 Å². The molecule has 1 N–H and O–H groups in total. The van der Waals surface area contributed by atoms with Crippen LogP contribution in [0, 0.1) is 17.2 Å². The summed E-state index contributed by atoms with van der Waals surface area (Å²) in [5.74, 6) is 2.02. The van der Waals surface area contributed by atoms with Crippen LogP contribution in [0.25, 0.3) is 0 Å². The molecule has 2 rings (SSSR count). The SMILES string of the molecule is CCCNCC1CC1c1ccc(OC)c(C#N)c1. The average Bonchev–Trinajstić information content (AvgIpc) is 3.18. The molecule has 3 heteroatoms. The highest BCUT2D eigenvalue weighted by Gasteiger charge is 2.37. The summed E-state index contributed by atoms with van der Waals surface area (Å²) in [4.78, 5) is 0. The number of hydrogen-bond acceptors (Lipinski definition) is 3. The molecule has 0 saturated heterocycles. The summed E-state index contributed by atoms with van der Waals surface area (Å²) < 4.78 is 5.16. The summed E-state index contributed by atoms with van der Waals surface area (Å²) >= 11 is 0. The molecular weight excluding hydrogens is 224 g/mol. The predicted molar refractivity (Wildman–Crippen MR) is 71.7 cm³/mol. The van der Waals surface area contributed by atoms with Gasteiger partial charge in [-0.05, 0) is 55.5 Å². The van der Waals surface area contributed by atoms with Crippen molar-refractivity contribution in [1.29, 1.82) is 5.26 Å². The minimum Gasteiger partial charge on any atom is -0.495 e. The fraction of sp³-hybridized carbons (Fsp3) is 0.533. The Kier molecular flexibility index (Phi) is 4.22. The highest BCUT2D eigenvalue weighted by atomic mass is 16.5. The molecule has 2 atom stereocenters. The molecule has 3 nitrogen and oxygen atoms in total. The van der Waals surface area contributed by atoms with E-state index in [2.05, 4.69) is 24.4 Å². The molecule has 1 fully saturated rings. The van der Waals surface area contributed by atoms with Crippen LogP contribution in [0.1, 0.15) is 36.8 Å². The van der Waals surface area contributed by atoms with Crippen LogP contribution in [0.4, 0.5) is 0 Å². The Bertz CT molecular complexity index is 450. The van der Waals surface area contributed by atoms with Gasteiger partial charge in [-0.2, -0.15) is 5.26 Å².